The number of carboxylic acids is 1. The first kappa shape index (κ1) is 19.4. The highest BCUT2D eigenvalue weighted by Gasteiger charge is 2.26. The molecule has 0 saturated carbocycles. The van der Waals surface area contributed by atoms with Crippen molar-refractivity contribution < 1.29 is 29.0 Å². The van der Waals surface area contributed by atoms with E-state index in [1.54, 1.807) is 0 Å². The van der Waals surface area contributed by atoms with Gasteiger partial charge >= 0.3 is 12.2 Å². The van der Waals surface area contributed by atoms with E-state index in [0.29, 0.717) is 0 Å². The Morgan fingerprint density at radius 3 is 1.63 bits per heavy atom. The molecule has 112 valence electrons. The zero-order valence-corrected chi connectivity index (χ0v) is 11.5. The largest absolute Gasteiger partial charge is 0.481 e. The highest BCUT2D eigenvalue weighted by atomic mass is 16.6. The first-order chi connectivity index (χ1) is 8.63. The van der Waals surface area contributed by atoms with Crippen LogP contribution in [0.1, 0.15) is 33.6 Å². The van der Waals surface area contributed by atoms with Gasteiger partial charge in [0.15, 0.2) is 0 Å². The van der Waals surface area contributed by atoms with Gasteiger partial charge in [0.05, 0.1) is 0 Å². The number of rotatable bonds is 6. The highest BCUT2D eigenvalue weighted by Crippen LogP contribution is 2.24. The maximum atomic E-state index is 10.5. The molecule has 19 heavy (non-hydrogen) atoms. The molecule has 0 spiro atoms. The van der Waals surface area contributed by atoms with Gasteiger partial charge in [-0.1, -0.05) is 20.3 Å². The van der Waals surface area contributed by atoms with Gasteiger partial charge in [-0.2, -0.15) is 0 Å². The molecular formula is C11H22N2O6. The Bertz CT molecular complexity index is 284. The molecular weight excluding hydrogens is 256 g/mol. The van der Waals surface area contributed by atoms with Crippen LogP contribution in [0.3, 0.4) is 0 Å². The average Bonchev–Trinajstić information content (AvgIpc) is 2.24. The number of carbonyl (C=O) groups excluding carboxylic acids is 2. The summed E-state index contributed by atoms with van der Waals surface area (Å²) >= 11 is 0. The summed E-state index contributed by atoms with van der Waals surface area (Å²) in [6.45, 7) is 5.13. The van der Waals surface area contributed by atoms with Crippen molar-refractivity contribution >= 4 is 18.2 Å². The molecule has 0 aromatic carbocycles. The third-order valence-electron chi connectivity index (χ3n) is 1.98. The van der Waals surface area contributed by atoms with Gasteiger partial charge in [-0.15, -0.1) is 0 Å². The van der Waals surface area contributed by atoms with Crippen LogP contribution in [0.5, 0.6) is 0 Å². The lowest BCUT2D eigenvalue weighted by molar-refractivity contribution is -0.134. The van der Waals surface area contributed by atoms with E-state index in [1.165, 1.54) is 0 Å². The first-order valence-electron chi connectivity index (χ1n) is 5.67. The molecule has 0 aliphatic carbocycles. The number of ether oxygens (including phenoxy) is 2. The fourth-order valence-corrected chi connectivity index (χ4v) is 1.28. The summed E-state index contributed by atoms with van der Waals surface area (Å²) in [7, 11) is 0. The molecule has 0 atom stereocenters. The summed E-state index contributed by atoms with van der Waals surface area (Å²) in [6, 6.07) is 0. The molecule has 0 aromatic rings. The summed E-state index contributed by atoms with van der Waals surface area (Å²) in [4.78, 5) is 29.9. The Labute approximate surface area is 112 Å². The fourth-order valence-electron chi connectivity index (χ4n) is 1.28. The molecule has 0 heterocycles. The van der Waals surface area contributed by atoms with E-state index < -0.39 is 23.6 Å². The molecule has 0 aliphatic heterocycles. The smallest absolute Gasteiger partial charge is 0.404 e. The summed E-state index contributed by atoms with van der Waals surface area (Å²) in [6.07, 6.45) is -0.0540. The van der Waals surface area contributed by atoms with Crippen molar-refractivity contribution in [3.05, 3.63) is 0 Å². The average molecular weight is 278 g/mol. The fraction of sp³-hybridized carbons (Fsp3) is 0.727. The summed E-state index contributed by atoms with van der Waals surface area (Å²) in [5, 5.41) is 7.42. The topological polar surface area (TPSA) is 142 Å². The van der Waals surface area contributed by atoms with Gasteiger partial charge in [0.1, 0.15) is 13.2 Å². The van der Waals surface area contributed by atoms with Crippen LogP contribution in [0.4, 0.5) is 9.59 Å². The normalized spacial score (nSPS) is 9.84. The van der Waals surface area contributed by atoms with Crippen LogP contribution in [0.15, 0.2) is 0 Å². The third kappa shape index (κ3) is 16.0. The van der Waals surface area contributed by atoms with E-state index in [0.717, 1.165) is 19.8 Å². The molecule has 0 fully saturated rings. The van der Waals surface area contributed by atoms with Crippen molar-refractivity contribution in [3.8, 4) is 0 Å². The van der Waals surface area contributed by atoms with Crippen LogP contribution in [0, 0.1) is 5.41 Å². The Balaban J connectivity index is 0. The number of amides is 2. The van der Waals surface area contributed by atoms with Crippen molar-refractivity contribution in [1.29, 1.82) is 0 Å². The van der Waals surface area contributed by atoms with E-state index >= 15 is 0 Å². The minimum Gasteiger partial charge on any atom is -0.481 e. The van der Waals surface area contributed by atoms with E-state index in [4.69, 9.17) is 30.8 Å². The van der Waals surface area contributed by atoms with Crippen LogP contribution >= 0.6 is 0 Å². The number of carboxylic acid groups (broad SMARTS) is 1. The molecule has 8 heteroatoms. The second-order valence-corrected chi connectivity index (χ2v) is 4.30. The lowest BCUT2D eigenvalue weighted by Crippen LogP contribution is -2.33. The van der Waals surface area contributed by atoms with Crippen LogP contribution in [0.25, 0.3) is 0 Å². The SMILES string of the molecule is CC(=O)O.CCCC(C)(COC(N)=O)COC(N)=O. The Morgan fingerprint density at radius 1 is 1.11 bits per heavy atom. The molecule has 0 aromatic heterocycles. The lowest BCUT2D eigenvalue weighted by Gasteiger charge is -2.27. The standard InChI is InChI=1S/C9H18N2O4.C2H4O2/c1-3-4-9(2,5-14-7(10)12)6-15-8(11)13;1-2(3)4/h3-6H2,1-2H3,(H2,10,12)(H2,11,13);1H3,(H,3,4). The Hall–Kier alpha value is -1.99. The quantitative estimate of drug-likeness (QED) is 0.663. The zero-order chi connectivity index (χ0) is 15.5. The molecule has 8 nitrogen and oxygen atoms in total. The van der Waals surface area contributed by atoms with Crippen LogP contribution in [-0.4, -0.2) is 36.5 Å². The first-order valence-corrected chi connectivity index (χ1v) is 5.67. The summed E-state index contributed by atoms with van der Waals surface area (Å²) in [5.41, 5.74) is 9.28. The molecule has 0 rings (SSSR count). The third-order valence-corrected chi connectivity index (χ3v) is 1.98. The maximum Gasteiger partial charge on any atom is 0.404 e. The summed E-state index contributed by atoms with van der Waals surface area (Å²) < 4.78 is 9.40. The number of carbonyl (C=O) groups is 3. The van der Waals surface area contributed by atoms with Crippen molar-refractivity contribution in [2.24, 2.45) is 16.9 Å². The van der Waals surface area contributed by atoms with Crippen molar-refractivity contribution in [2.45, 2.75) is 33.6 Å². The molecule has 0 saturated heterocycles. The summed E-state index contributed by atoms with van der Waals surface area (Å²) in [5.74, 6) is -0.833. The number of nitrogens with two attached hydrogens (primary N) is 2. The van der Waals surface area contributed by atoms with Gasteiger partial charge in [0, 0.05) is 12.3 Å². The monoisotopic (exact) mass is 278 g/mol. The Morgan fingerprint density at radius 2 is 1.42 bits per heavy atom. The number of hydrogen-bond donors (Lipinski definition) is 3. The molecule has 0 aliphatic rings. The van der Waals surface area contributed by atoms with E-state index in [-0.39, 0.29) is 13.2 Å². The molecule has 2 amide bonds. The van der Waals surface area contributed by atoms with Crippen molar-refractivity contribution in [3.63, 3.8) is 0 Å². The predicted octanol–water partition coefficient (Wildman–Crippen LogP) is 1.07. The Kier molecular flexibility index (Phi) is 10.2. The number of primary amides is 2. The van der Waals surface area contributed by atoms with Crippen molar-refractivity contribution in [1.82, 2.24) is 0 Å². The second kappa shape index (κ2) is 9.98. The van der Waals surface area contributed by atoms with E-state index in [9.17, 15) is 9.59 Å². The van der Waals surface area contributed by atoms with Crippen LogP contribution < -0.4 is 11.5 Å². The predicted molar refractivity (Wildman–Crippen MR) is 67.4 cm³/mol. The second-order valence-electron chi connectivity index (χ2n) is 4.30. The molecule has 5 N–H and O–H groups in total. The zero-order valence-electron chi connectivity index (χ0n) is 11.5. The van der Waals surface area contributed by atoms with Crippen LogP contribution in [-0.2, 0) is 14.3 Å². The van der Waals surface area contributed by atoms with Gasteiger partial charge in [0.2, 0.25) is 0 Å². The van der Waals surface area contributed by atoms with Gasteiger partial charge in [-0.25, -0.2) is 9.59 Å². The molecule has 0 radical (unpaired) electrons. The maximum absolute atomic E-state index is 10.5. The van der Waals surface area contributed by atoms with Crippen LogP contribution in [0.2, 0.25) is 0 Å². The number of hydrogen-bond acceptors (Lipinski definition) is 5. The van der Waals surface area contributed by atoms with E-state index in [2.05, 4.69) is 0 Å². The number of aliphatic carboxylic acids is 1. The van der Waals surface area contributed by atoms with Gasteiger partial charge in [-0.3, -0.25) is 4.79 Å². The lowest BCUT2D eigenvalue weighted by atomic mass is 9.87. The minimum atomic E-state index is -0.837. The van der Waals surface area contributed by atoms with Gasteiger partial charge in [-0.05, 0) is 6.42 Å². The molecule has 0 unspecified atom stereocenters. The minimum absolute atomic E-state index is 0.115. The van der Waals surface area contributed by atoms with Gasteiger partial charge < -0.3 is 26.0 Å². The van der Waals surface area contributed by atoms with Crippen molar-refractivity contribution in [2.75, 3.05) is 13.2 Å². The molecule has 0 bridgehead atoms. The van der Waals surface area contributed by atoms with E-state index in [1.807, 2.05) is 13.8 Å². The van der Waals surface area contributed by atoms with Gasteiger partial charge in [0.25, 0.3) is 5.97 Å². The highest BCUT2D eigenvalue weighted by molar-refractivity contribution is 5.65.